The van der Waals surface area contributed by atoms with E-state index in [2.05, 4.69) is 46.2 Å². The molecule has 1 saturated heterocycles. The molecule has 4 aromatic rings. The van der Waals surface area contributed by atoms with E-state index in [4.69, 9.17) is 9.72 Å². The summed E-state index contributed by atoms with van der Waals surface area (Å²) in [5.41, 5.74) is 3.85. The Kier molecular flexibility index (Phi) is 5.78. The lowest BCUT2D eigenvalue weighted by atomic mass is 9.92. The van der Waals surface area contributed by atoms with Gasteiger partial charge in [0.25, 0.3) is 5.56 Å². The Bertz CT molecular complexity index is 1420. The van der Waals surface area contributed by atoms with Gasteiger partial charge in [-0.05, 0) is 56.3 Å². The van der Waals surface area contributed by atoms with Crippen LogP contribution < -0.4 is 15.8 Å². The Hall–Kier alpha value is -2.88. The largest absolute Gasteiger partial charge is 0.391 e. The predicted molar refractivity (Wildman–Crippen MR) is 142 cm³/mol. The maximum absolute atomic E-state index is 13.3. The summed E-state index contributed by atoms with van der Waals surface area (Å²) < 4.78 is 5.89. The molecule has 1 saturated carbocycles. The lowest BCUT2D eigenvalue weighted by Gasteiger charge is -2.36. The molecule has 0 radical (unpaired) electrons. The number of fused-ring (bicyclic) bond motifs is 2. The molecule has 35 heavy (non-hydrogen) atoms. The van der Waals surface area contributed by atoms with Gasteiger partial charge >= 0.3 is 0 Å². The van der Waals surface area contributed by atoms with Crippen molar-refractivity contribution in [1.29, 1.82) is 0 Å². The van der Waals surface area contributed by atoms with E-state index in [0.717, 1.165) is 71.4 Å². The molecule has 2 fully saturated rings. The number of rotatable bonds is 4. The summed E-state index contributed by atoms with van der Waals surface area (Å²) in [6.07, 6.45) is 3.65. The minimum atomic E-state index is -0.430. The van der Waals surface area contributed by atoms with Gasteiger partial charge in [-0.3, -0.25) is 4.79 Å². The number of hydrogen-bond acceptors (Lipinski definition) is 7. The fraction of sp³-hybridized carbons (Fsp3) is 0.462. The number of morpholine rings is 1. The van der Waals surface area contributed by atoms with Crippen molar-refractivity contribution in [1.82, 2.24) is 15.0 Å². The summed E-state index contributed by atoms with van der Waals surface area (Å²) in [7, 11) is 0. The molecule has 0 unspecified atom stereocenters. The van der Waals surface area contributed by atoms with Crippen molar-refractivity contribution in [2.45, 2.75) is 63.9 Å². The van der Waals surface area contributed by atoms with Gasteiger partial charge in [0.15, 0.2) is 0 Å². The molecule has 4 N–H and O–H groups in total. The number of H-pyrrole nitrogens is 2. The van der Waals surface area contributed by atoms with Gasteiger partial charge in [0.1, 0.15) is 16.2 Å². The van der Waals surface area contributed by atoms with Crippen molar-refractivity contribution in [2.24, 2.45) is 0 Å². The van der Waals surface area contributed by atoms with Gasteiger partial charge in [-0.1, -0.05) is 12.8 Å². The molecule has 1 aromatic carbocycles. The summed E-state index contributed by atoms with van der Waals surface area (Å²) in [4.78, 5) is 27.7. The van der Waals surface area contributed by atoms with Gasteiger partial charge in [0, 0.05) is 24.2 Å². The Morgan fingerprint density at radius 3 is 2.74 bits per heavy atom. The fourth-order valence-corrected chi connectivity index (χ4v) is 6.35. The first-order chi connectivity index (χ1) is 17.0. The number of nitrogens with zero attached hydrogens (tertiary/aromatic N) is 2. The summed E-state index contributed by atoms with van der Waals surface area (Å²) in [6, 6.07) is 8.12. The van der Waals surface area contributed by atoms with Crippen LogP contribution in [-0.2, 0) is 4.74 Å². The number of pyridine rings is 1. The normalized spacial score (nSPS) is 25.4. The van der Waals surface area contributed by atoms with E-state index in [9.17, 15) is 9.90 Å². The average Bonchev–Trinajstić information content (AvgIpc) is 3.46. The summed E-state index contributed by atoms with van der Waals surface area (Å²) in [5.74, 6) is 0.531. The monoisotopic (exact) mass is 493 g/mol. The third-order valence-electron chi connectivity index (χ3n) is 7.18. The topological polar surface area (TPSA) is 106 Å². The zero-order valence-corrected chi connectivity index (χ0v) is 20.8. The number of anilines is 2. The maximum Gasteiger partial charge on any atom is 0.262 e. The number of aromatic amines is 2. The second kappa shape index (κ2) is 8.96. The van der Waals surface area contributed by atoms with Crippen LogP contribution in [0.1, 0.15) is 39.5 Å². The van der Waals surface area contributed by atoms with E-state index in [1.807, 2.05) is 17.5 Å². The molecule has 9 heteroatoms. The molecular formula is C26H31N5O3S. The van der Waals surface area contributed by atoms with Crippen LogP contribution in [-0.4, -0.2) is 57.5 Å². The van der Waals surface area contributed by atoms with Gasteiger partial charge < -0.3 is 30.0 Å². The first-order valence-electron chi connectivity index (χ1n) is 12.4. The number of imidazole rings is 1. The van der Waals surface area contributed by atoms with Crippen LogP contribution in [0, 0.1) is 0 Å². The molecule has 184 valence electrons. The number of ether oxygens (including phenoxy) is 1. The zero-order valence-electron chi connectivity index (χ0n) is 20.0. The highest BCUT2D eigenvalue weighted by atomic mass is 32.1. The van der Waals surface area contributed by atoms with E-state index in [1.165, 1.54) is 11.3 Å². The first kappa shape index (κ1) is 22.6. The molecule has 4 heterocycles. The number of benzene rings is 1. The van der Waals surface area contributed by atoms with E-state index < -0.39 is 6.10 Å². The van der Waals surface area contributed by atoms with Crippen molar-refractivity contribution in [3.05, 3.63) is 40.0 Å². The quantitative estimate of drug-likeness (QED) is 0.334. The fourth-order valence-electron chi connectivity index (χ4n) is 5.56. The van der Waals surface area contributed by atoms with Crippen LogP contribution in [0.15, 0.2) is 34.4 Å². The van der Waals surface area contributed by atoms with Crippen LogP contribution in [0.4, 0.5) is 11.4 Å². The van der Waals surface area contributed by atoms with Crippen LogP contribution in [0.5, 0.6) is 0 Å². The molecule has 1 aliphatic carbocycles. The molecule has 2 aliphatic rings. The Morgan fingerprint density at radius 1 is 1.14 bits per heavy atom. The van der Waals surface area contributed by atoms with Gasteiger partial charge in [-0.25, -0.2) is 4.98 Å². The molecule has 8 nitrogen and oxygen atoms in total. The third kappa shape index (κ3) is 4.22. The van der Waals surface area contributed by atoms with Crippen molar-refractivity contribution in [3.8, 4) is 11.4 Å². The number of aliphatic hydroxyl groups excluding tert-OH is 1. The van der Waals surface area contributed by atoms with E-state index >= 15 is 0 Å². The third-order valence-corrected chi connectivity index (χ3v) is 8.01. The lowest BCUT2D eigenvalue weighted by molar-refractivity contribution is -0.00521. The molecule has 1 aliphatic heterocycles. The smallest absolute Gasteiger partial charge is 0.262 e. The van der Waals surface area contributed by atoms with E-state index in [1.54, 1.807) is 0 Å². The highest BCUT2D eigenvalue weighted by Gasteiger charge is 2.27. The van der Waals surface area contributed by atoms with Crippen molar-refractivity contribution >= 4 is 44.0 Å². The molecule has 0 amide bonds. The first-order valence-corrected chi connectivity index (χ1v) is 13.3. The van der Waals surface area contributed by atoms with Crippen molar-refractivity contribution < 1.29 is 9.84 Å². The zero-order chi connectivity index (χ0) is 24.1. The summed E-state index contributed by atoms with van der Waals surface area (Å²) in [5, 5.41) is 17.1. The van der Waals surface area contributed by atoms with Gasteiger partial charge in [-0.15, -0.1) is 11.3 Å². The number of thiophene rings is 1. The standard InChI is InChI=1S/C26H31N5O3S/c1-14-12-31(13-15(2)34-14)16-7-8-18-20(11-16)29-24(28-18)22-23(27-19-5-3-4-6-21(19)32)17-9-10-35-26(17)30-25(22)33/h7-11,14-15,19,21,32H,3-6,12-13H2,1-2H3,(H,28,29)(H2,27,30,33)/t14-,15+,19-,21+/m0/s1. The number of hydrogen-bond donors (Lipinski definition) is 4. The van der Waals surface area contributed by atoms with Crippen molar-refractivity contribution in [2.75, 3.05) is 23.3 Å². The second-order valence-corrected chi connectivity index (χ2v) is 10.8. The average molecular weight is 494 g/mol. The Labute approximate surface area is 207 Å². The van der Waals surface area contributed by atoms with E-state index in [-0.39, 0.29) is 23.8 Å². The van der Waals surface area contributed by atoms with Crippen molar-refractivity contribution in [3.63, 3.8) is 0 Å². The van der Waals surface area contributed by atoms with Crippen LogP contribution in [0.25, 0.3) is 32.6 Å². The Balaban J connectivity index is 1.42. The SMILES string of the molecule is C[C@@H]1CN(c2ccc3nc(-c4c(N[C@H]5CCCC[C@H]5O)c5ccsc5[nH]c4=O)[nH]c3c2)C[C@H](C)O1. The highest BCUT2D eigenvalue weighted by molar-refractivity contribution is 7.16. The minimum Gasteiger partial charge on any atom is -0.391 e. The van der Waals surface area contributed by atoms with Crippen LogP contribution >= 0.6 is 11.3 Å². The number of nitrogens with one attached hydrogen (secondary N) is 3. The van der Waals surface area contributed by atoms with Gasteiger partial charge in [0.05, 0.1) is 41.1 Å². The molecule has 0 bridgehead atoms. The van der Waals surface area contributed by atoms with Crippen LogP contribution in [0.3, 0.4) is 0 Å². The number of aliphatic hydroxyl groups is 1. The summed E-state index contributed by atoms with van der Waals surface area (Å²) in [6.45, 7) is 5.87. The molecule has 3 aromatic heterocycles. The molecule has 0 spiro atoms. The predicted octanol–water partition coefficient (Wildman–Crippen LogP) is 4.46. The van der Waals surface area contributed by atoms with Crippen LogP contribution in [0.2, 0.25) is 0 Å². The lowest BCUT2D eigenvalue weighted by Crippen LogP contribution is -2.45. The molecular weight excluding hydrogens is 462 g/mol. The van der Waals surface area contributed by atoms with Gasteiger partial charge in [-0.2, -0.15) is 0 Å². The maximum atomic E-state index is 13.3. The number of aromatic nitrogens is 3. The van der Waals surface area contributed by atoms with E-state index in [0.29, 0.717) is 11.4 Å². The molecule has 4 atom stereocenters. The molecule has 6 rings (SSSR count). The Morgan fingerprint density at radius 2 is 1.94 bits per heavy atom. The highest BCUT2D eigenvalue weighted by Crippen LogP contribution is 2.35. The summed E-state index contributed by atoms with van der Waals surface area (Å²) >= 11 is 1.50. The second-order valence-electron chi connectivity index (χ2n) is 9.92. The minimum absolute atomic E-state index is 0.0892. The van der Waals surface area contributed by atoms with Gasteiger partial charge in [0.2, 0.25) is 0 Å².